The Bertz CT molecular complexity index is 505. The number of nitrogens with one attached hydrogen (secondary N) is 1. The zero-order valence-electron chi connectivity index (χ0n) is 12.5. The average Bonchev–Trinajstić information content (AvgIpc) is 3.16. The van der Waals surface area contributed by atoms with Crippen LogP contribution in [0.1, 0.15) is 35.4 Å². The third-order valence-corrected chi connectivity index (χ3v) is 5.51. The van der Waals surface area contributed by atoms with E-state index < -0.39 is 0 Å². The monoisotopic (exact) mass is 309 g/mol. The lowest BCUT2D eigenvalue weighted by Crippen LogP contribution is -2.43. The summed E-state index contributed by atoms with van der Waals surface area (Å²) in [5.41, 5.74) is 5.99. The van der Waals surface area contributed by atoms with Gasteiger partial charge in [-0.15, -0.1) is 0 Å². The Morgan fingerprint density at radius 2 is 2.05 bits per heavy atom. The topological polar surface area (TPSA) is 74.5 Å². The van der Waals surface area contributed by atoms with E-state index in [4.69, 9.17) is 5.73 Å². The molecule has 1 aromatic heterocycles. The number of thiazole rings is 1. The van der Waals surface area contributed by atoms with Crippen LogP contribution in [0.5, 0.6) is 0 Å². The van der Waals surface area contributed by atoms with Gasteiger partial charge in [0.2, 0.25) is 0 Å². The van der Waals surface area contributed by atoms with E-state index in [0.29, 0.717) is 16.7 Å². The Balaban J connectivity index is 1.74. The molecule has 2 saturated heterocycles. The molecule has 0 bridgehead atoms. The van der Waals surface area contributed by atoms with Crippen molar-refractivity contribution in [1.29, 1.82) is 0 Å². The lowest BCUT2D eigenvalue weighted by atomic mass is 10.1. The molecule has 2 aliphatic heterocycles. The van der Waals surface area contributed by atoms with Gasteiger partial charge in [-0.1, -0.05) is 11.3 Å². The molecule has 0 unspecified atom stereocenters. The lowest BCUT2D eigenvalue weighted by molar-refractivity contribution is 0.0709. The highest BCUT2D eigenvalue weighted by atomic mass is 32.1. The molecule has 3 rings (SSSR count). The normalized spacial score (nSPS) is 20.0. The summed E-state index contributed by atoms with van der Waals surface area (Å²) in [4.78, 5) is 21.7. The fourth-order valence-corrected chi connectivity index (χ4v) is 4.06. The van der Waals surface area contributed by atoms with Crippen molar-refractivity contribution in [2.45, 2.75) is 31.7 Å². The SMILES string of the molecule is CN(C(=O)c1sc(N2CCCC2)nc1N)C1CCNCC1. The van der Waals surface area contributed by atoms with Crippen molar-refractivity contribution < 1.29 is 4.79 Å². The van der Waals surface area contributed by atoms with E-state index >= 15 is 0 Å². The van der Waals surface area contributed by atoms with E-state index in [1.54, 1.807) is 0 Å². The number of hydrogen-bond donors (Lipinski definition) is 2. The Kier molecular flexibility index (Phi) is 4.30. The summed E-state index contributed by atoms with van der Waals surface area (Å²) < 4.78 is 0. The van der Waals surface area contributed by atoms with E-state index in [0.717, 1.165) is 44.2 Å². The van der Waals surface area contributed by atoms with Gasteiger partial charge in [-0.3, -0.25) is 4.79 Å². The molecule has 21 heavy (non-hydrogen) atoms. The number of nitrogen functional groups attached to an aromatic ring is 1. The van der Waals surface area contributed by atoms with Crippen LogP contribution in [0.2, 0.25) is 0 Å². The zero-order valence-corrected chi connectivity index (χ0v) is 13.3. The third-order valence-electron chi connectivity index (χ3n) is 4.39. The first kappa shape index (κ1) is 14.6. The second kappa shape index (κ2) is 6.19. The number of rotatable bonds is 3. The van der Waals surface area contributed by atoms with Gasteiger partial charge in [-0.2, -0.15) is 0 Å². The van der Waals surface area contributed by atoms with Gasteiger partial charge in [-0.25, -0.2) is 4.98 Å². The van der Waals surface area contributed by atoms with Crippen LogP contribution in [0.25, 0.3) is 0 Å². The predicted molar refractivity (Wildman–Crippen MR) is 86.0 cm³/mol. The van der Waals surface area contributed by atoms with E-state index in [1.807, 2.05) is 11.9 Å². The highest BCUT2D eigenvalue weighted by Gasteiger charge is 2.27. The van der Waals surface area contributed by atoms with Crippen molar-refractivity contribution >= 4 is 28.2 Å². The molecule has 0 aliphatic carbocycles. The van der Waals surface area contributed by atoms with Crippen LogP contribution >= 0.6 is 11.3 Å². The van der Waals surface area contributed by atoms with Gasteiger partial charge in [0.05, 0.1) is 0 Å². The Hall–Kier alpha value is -1.34. The lowest BCUT2D eigenvalue weighted by Gasteiger charge is -2.31. The van der Waals surface area contributed by atoms with Crippen molar-refractivity contribution in [2.24, 2.45) is 0 Å². The van der Waals surface area contributed by atoms with Crippen LogP contribution in [0.3, 0.4) is 0 Å². The fourth-order valence-electron chi connectivity index (χ4n) is 3.04. The Morgan fingerprint density at radius 1 is 1.38 bits per heavy atom. The molecule has 1 aromatic rings. The summed E-state index contributed by atoms with van der Waals surface area (Å²) in [5.74, 6) is 0.398. The maximum absolute atomic E-state index is 12.7. The second-order valence-electron chi connectivity index (χ2n) is 5.80. The summed E-state index contributed by atoms with van der Waals surface area (Å²) in [6, 6.07) is 0.301. The van der Waals surface area contributed by atoms with Gasteiger partial charge in [-0.05, 0) is 38.8 Å². The smallest absolute Gasteiger partial charge is 0.267 e. The summed E-state index contributed by atoms with van der Waals surface area (Å²) in [6.45, 7) is 3.98. The molecule has 0 atom stereocenters. The van der Waals surface area contributed by atoms with Crippen LogP contribution in [0.4, 0.5) is 10.9 Å². The van der Waals surface area contributed by atoms with Gasteiger partial charge in [0.25, 0.3) is 5.91 Å². The zero-order chi connectivity index (χ0) is 14.8. The highest BCUT2D eigenvalue weighted by Crippen LogP contribution is 2.31. The number of nitrogens with zero attached hydrogens (tertiary/aromatic N) is 3. The number of carbonyl (C=O) groups excluding carboxylic acids is 1. The number of amides is 1. The summed E-state index contributed by atoms with van der Waals surface area (Å²) in [6.07, 6.45) is 4.38. The standard InChI is InChI=1S/C14H23N5OS/c1-18(10-4-6-16-7-5-10)13(20)11-12(15)17-14(21-11)19-8-2-3-9-19/h10,16H,2-9,15H2,1H3. The van der Waals surface area contributed by atoms with Crippen LogP contribution in [0, 0.1) is 0 Å². The first-order valence-electron chi connectivity index (χ1n) is 7.66. The van der Waals surface area contributed by atoms with Crippen molar-refractivity contribution in [3.05, 3.63) is 4.88 Å². The number of carbonyl (C=O) groups is 1. The van der Waals surface area contributed by atoms with Crippen molar-refractivity contribution in [3.63, 3.8) is 0 Å². The molecule has 2 fully saturated rings. The largest absolute Gasteiger partial charge is 0.382 e. The first-order valence-corrected chi connectivity index (χ1v) is 8.47. The van der Waals surface area contributed by atoms with Crippen LogP contribution in [-0.2, 0) is 0 Å². The maximum Gasteiger partial charge on any atom is 0.267 e. The average molecular weight is 309 g/mol. The first-order chi connectivity index (χ1) is 10.2. The van der Waals surface area contributed by atoms with Gasteiger partial charge >= 0.3 is 0 Å². The fraction of sp³-hybridized carbons (Fsp3) is 0.714. The van der Waals surface area contributed by atoms with Gasteiger partial charge in [0.15, 0.2) is 5.13 Å². The molecular weight excluding hydrogens is 286 g/mol. The molecule has 116 valence electrons. The van der Waals surface area contributed by atoms with Crippen LogP contribution in [0.15, 0.2) is 0 Å². The minimum Gasteiger partial charge on any atom is -0.382 e. The second-order valence-corrected chi connectivity index (χ2v) is 6.78. The maximum atomic E-state index is 12.7. The van der Waals surface area contributed by atoms with Gasteiger partial charge < -0.3 is 20.9 Å². The van der Waals surface area contributed by atoms with Gasteiger partial charge in [0.1, 0.15) is 10.7 Å². The Labute approximate surface area is 129 Å². The number of aromatic nitrogens is 1. The number of nitrogens with two attached hydrogens (primary N) is 1. The van der Waals surface area contributed by atoms with Crippen molar-refractivity contribution in [1.82, 2.24) is 15.2 Å². The minimum absolute atomic E-state index is 0.0161. The minimum atomic E-state index is 0.0161. The van der Waals surface area contributed by atoms with Gasteiger partial charge in [0, 0.05) is 26.2 Å². The molecule has 3 heterocycles. The molecule has 6 nitrogen and oxygen atoms in total. The van der Waals surface area contributed by atoms with Crippen molar-refractivity contribution in [2.75, 3.05) is 43.9 Å². The third kappa shape index (κ3) is 2.98. The molecule has 0 radical (unpaired) electrons. The Morgan fingerprint density at radius 3 is 2.71 bits per heavy atom. The molecule has 2 aliphatic rings. The van der Waals surface area contributed by atoms with E-state index in [9.17, 15) is 4.79 Å². The predicted octanol–water partition coefficient (Wildman–Crippen LogP) is 1.15. The van der Waals surface area contributed by atoms with Crippen LogP contribution in [-0.4, -0.2) is 55.1 Å². The molecule has 3 N–H and O–H groups in total. The van der Waals surface area contributed by atoms with E-state index in [-0.39, 0.29) is 5.91 Å². The van der Waals surface area contributed by atoms with Crippen LogP contribution < -0.4 is 16.0 Å². The number of anilines is 2. The van der Waals surface area contributed by atoms with E-state index in [2.05, 4.69) is 15.2 Å². The summed E-state index contributed by atoms with van der Waals surface area (Å²) >= 11 is 1.44. The van der Waals surface area contributed by atoms with E-state index in [1.165, 1.54) is 24.2 Å². The summed E-state index contributed by atoms with van der Waals surface area (Å²) in [7, 11) is 1.88. The molecule has 0 saturated carbocycles. The molecule has 0 aromatic carbocycles. The highest BCUT2D eigenvalue weighted by molar-refractivity contribution is 7.18. The number of hydrogen-bond acceptors (Lipinski definition) is 6. The number of piperidine rings is 1. The summed E-state index contributed by atoms with van der Waals surface area (Å²) in [5, 5.41) is 4.22. The molecule has 1 amide bonds. The van der Waals surface area contributed by atoms with Crippen molar-refractivity contribution in [3.8, 4) is 0 Å². The molecule has 7 heteroatoms. The molecular formula is C14H23N5OS. The molecule has 0 spiro atoms. The quantitative estimate of drug-likeness (QED) is 0.876.